The molecule has 0 amide bonds. The highest BCUT2D eigenvalue weighted by Crippen LogP contribution is 2.82. The number of allylic oxidation sites excluding steroid dienone is 4. The Balaban J connectivity index is 1.49. The van der Waals surface area contributed by atoms with Crippen molar-refractivity contribution >= 4 is 18.2 Å². The number of esters is 1. The Hall–Kier alpha value is -2.33. The van der Waals surface area contributed by atoms with Crippen LogP contribution in [0.15, 0.2) is 35.5 Å². The van der Waals surface area contributed by atoms with Gasteiger partial charge in [0.1, 0.15) is 23.9 Å². The van der Waals surface area contributed by atoms with Crippen molar-refractivity contribution in [1.82, 2.24) is 0 Å². The number of carboxylic acids is 1. The Morgan fingerprint density at radius 2 is 1.91 bits per heavy atom. The summed E-state index contributed by atoms with van der Waals surface area (Å²) in [7, 11) is 1.47. The Labute approximate surface area is 254 Å². The first-order valence-electron chi connectivity index (χ1n) is 15.8. The van der Waals surface area contributed by atoms with E-state index in [0.717, 1.165) is 24.7 Å². The number of hydrogen-bond donors (Lipinski definition) is 2. The van der Waals surface area contributed by atoms with Crippen LogP contribution in [0.25, 0.3) is 0 Å². The highest BCUT2D eigenvalue weighted by Gasteiger charge is 2.84. The minimum atomic E-state index is -1.40. The summed E-state index contributed by atoms with van der Waals surface area (Å²) in [5.41, 5.74) is -2.10. The zero-order valence-corrected chi connectivity index (χ0v) is 26.4. The molecule has 5 rings (SSSR count). The van der Waals surface area contributed by atoms with Gasteiger partial charge in [-0.25, -0.2) is 4.79 Å². The van der Waals surface area contributed by atoms with Crippen molar-refractivity contribution in [2.75, 3.05) is 13.7 Å². The fraction of sp³-hybridized carbons (Fsp3) is 0.735. The first kappa shape index (κ1) is 32.1. The van der Waals surface area contributed by atoms with E-state index in [1.807, 2.05) is 20.8 Å². The Morgan fingerprint density at radius 1 is 1.19 bits per heavy atom. The second kappa shape index (κ2) is 11.5. The molecule has 5 aliphatic rings. The van der Waals surface area contributed by atoms with Crippen molar-refractivity contribution in [2.45, 2.75) is 97.9 Å². The lowest BCUT2D eigenvalue weighted by atomic mass is 9.43. The van der Waals surface area contributed by atoms with Crippen molar-refractivity contribution in [2.24, 2.45) is 45.8 Å². The summed E-state index contributed by atoms with van der Waals surface area (Å²) in [5.74, 6) is -1.17. The number of aliphatic hydroxyl groups is 1. The van der Waals surface area contributed by atoms with E-state index in [2.05, 4.69) is 13.0 Å². The summed E-state index contributed by atoms with van der Waals surface area (Å²) in [6, 6.07) is 0. The Morgan fingerprint density at radius 3 is 2.51 bits per heavy atom. The van der Waals surface area contributed by atoms with Gasteiger partial charge in [-0.1, -0.05) is 57.1 Å². The molecule has 4 fully saturated rings. The number of hydrogen-bond acceptors (Lipinski definition) is 8. The molecule has 1 aliphatic heterocycles. The Kier molecular flexibility index (Phi) is 8.61. The summed E-state index contributed by atoms with van der Waals surface area (Å²) < 4.78 is 23.9. The van der Waals surface area contributed by atoms with Gasteiger partial charge in [0, 0.05) is 18.1 Å². The molecule has 4 aliphatic carbocycles. The van der Waals surface area contributed by atoms with E-state index in [1.165, 1.54) is 7.11 Å². The second-order valence-corrected chi connectivity index (χ2v) is 13.9. The van der Waals surface area contributed by atoms with Crippen LogP contribution >= 0.6 is 0 Å². The normalized spacial score (nSPS) is 45.4. The molecule has 0 aromatic rings. The maximum atomic E-state index is 13.7. The molecule has 12 atom stereocenters. The first-order valence-corrected chi connectivity index (χ1v) is 15.8. The third-order valence-corrected chi connectivity index (χ3v) is 11.8. The Bertz CT molecular complexity index is 1220. The average molecular weight is 601 g/mol. The van der Waals surface area contributed by atoms with Gasteiger partial charge in [-0.2, -0.15) is 0 Å². The van der Waals surface area contributed by atoms with Crippen molar-refractivity contribution in [1.29, 1.82) is 0 Å². The largest absolute Gasteiger partial charge is 0.481 e. The fourth-order valence-electron chi connectivity index (χ4n) is 9.98. The fourth-order valence-corrected chi connectivity index (χ4v) is 9.98. The monoisotopic (exact) mass is 600 g/mol. The number of ether oxygens (including phenoxy) is 4. The van der Waals surface area contributed by atoms with Crippen LogP contribution in [0.4, 0.5) is 0 Å². The van der Waals surface area contributed by atoms with Crippen LogP contribution in [0.3, 0.4) is 0 Å². The quantitative estimate of drug-likeness (QED) is 0.123. The molecular formula is C34H48O9. The van der Waals surface area contributed by atoms with Crippen LogP contribution in [0.1, 0.15) is 67.2 Å². The minimum Gasteiger partial charge on any atom is -0.481 e. The van der Waals surface area contributed by atoms with Crippen LogP contribution in [0, 0.1) is 45.8 Å². The number of carbonyl (C=O) groups is 3. The number of aldehydes is 1. The molecule has 9 heteroatoms. The maximum Gasteiger partial charge on any atom is 0.334 e. The molecule has 1 saturated heterocycles. The number of carbonyl (C=O) groups excluding carboxylic acids is 2. The molecule has 3 saturated carbocycles. The third-order valence-electron chi connectivity index (χ3n) is 11.8. The number of rotatable bonds is 10. The maximum absolute atomic E-state index is 13.7. The molecule has 9 nitrogen and oxygen atoms in total. The summed E-state index contributed by atoms with van der Waals surface area (Å²) >= 11 is 0. The van der Waals surface area contributed by atoms with Gasteiger partial charge in [-0.15, -0.1) is 0 Å². The molecule has 238 valence electrons. The molecule has 0 radical (unpaired) electrons. The average Bonchev–Trinajstić information content (AvgIpc) is 3.54. The van der Waals surface area contributed by atoms with E-state index >= 15 is 0 Å². The van der Waals surface area contributed by atoms with Gasteiger partial charge in [0.25, 0.3) is 0 Å². The van der Waals surface area contributed by atoms with Gasteiger partial charge in [0.2, 0.25) is 0 Å². The summed E-state index contributed by atoms with van der Waals surface area (Å²) in [6.07, 6.45) is 6.21. The van der Waals surface area contributed by atoms with Crippen LogP contribution in [-0.4, -0.2) is 72.9 Å². The number of aliphatic hydroxyl groups excluding tert-OH is 1. The summed E-state index contributed by atoms with van der Waals surface area (Å²) in [6.45, 7) is 11.4. The minimum absolute atomic E-state index is 0.00476. The van der Waals surface area contributed by atoms with E-state index in [0.29, 0.717) is 24.3 Å². The van der Waals surface area contributed by atoms with Crippen molar-refractivity contribution < 1.29 is 43.5 Å². The van der Waals surface area contributed by atoms with Gasteiger partial charge in [0.05, 0.1) is 18.1 Å². The van der Waals surface area contributed by atoms with E-state index < -0.39 is 58.9 Å². The van der Waals surface area contributed by atoms with Crippen LogP contribution in [0.2, 0.25) is 0 Å². The molecule has 4 unspecified atom stereocenters. The highest BCUT2D eigenvalue weighted by atomic mass is 16.7. The summed E-state index contributed by atoms with van der Waals surface area (Å²) in [4.78, 5) is 39.8. The van der Waals surface area contributed by atoms with Gasteiger partial charge in [-0.05, 0) is 69.6 Å². The predicted octanol–water partition coefficient (Wildman–Crippen LogP) is 4.48. The third kappa shape index (κ3) is 4.36. The lowest BCUT2D eigenvalue weighted by Gasteiger charge is -2.58. The summed E-state index contributed by atoms with van der Waals surface area (Å²) in [5, 5.41) is 22.7. The number of methoxy groups -OCH3 is 1. The second-order valence-electron chi connectivity index (χ2n) is 13.9. The molecule has 4 bridgehead atoms. The highest BCUT2D eigenvalue weighted by molar-refractivity contribution is 5.90. The lowest BCUT2D eigenvalue weighted by Crippen LogP contribution is -2.64. The van der Waals surface area contributed by atoms with Gasteiger partial charge in [-0.3, -0.25) is 4.79 Å². The number of carboxylic acid groups (broad SMARTS) is 1. The van der Waals surface area contributed by atoms with Crippen molar-refractivity contribution in [3.8, 4) is 0 Å². The van der Waals surface area contributed by atoms with Crippen molar-refractivity contribution in [3.05, 3.63) is 35.5 Å². The van der Waals surface area contributed by atoms with Gasteiger partial charge in [0.15, 0.2) is 12.4 Å². The zero-order valence-electron chi connectivity index (χ0n) is 26.4. The van der Waals surface area contributed by atoms with Crippen LogP contribution in [-0.2, 0) is 33.3 Å². The predicted molar refractivity (Wildman–Crippen MR) is 158 cm³/mol. The molecule has 0 aromatic carbocycles. The first-order chi connectivity index (χ1) is 20.4. The standard InChI is InChI=1S/C34H48O9/c1-8-9-10-20(5)29(37)43-28-26(36)30(42-21(6)27(28)40-7)41-17-33-15-23-19(4)11-12-24(23)32(16-35)14-22(33)13-25(18(2)3)34(32,33)31(38)39/h8-10,13,16,18-19,21-24,26-28,30,36H,11-12,14-15,17H2,1-7H3,(H,38,39)/b9-8-,20-10+/t19-,21-,22?,23-,24-,26+,27-,28+,30-,32?,33?,34?/m1/s1. The van der Waals surface area contributed by atoms with Crippen LogP contribution < -0.4 is 0 Å². The smallest absolute Gasteiger partial charge is 0.334 e. The number of aliphatic carboxylic acids is 1. The molecule has 2 N–H and O–H groups in total. The number of fused-ring (bicyclic) bond motifs is 2. The van der Waals surface area contributed by atoms with E-state index in [-0.39, 0.29) is 30.3 Å². The lowest BCUT2D eigenvalue weighted by molar-refractivity contribution is -0.308. The van der Waals surface area contributed by atoms with Crippen molar-refractivity contribution in [3.63, 3.8) is 0 Å². The molecule has 1 heterocycles. The van der Waals surface area contributed by atoms with Gasteiger partial charge >= 0.3 is 11.9 Å². The van der Waals surface area contributed by atoms with Gasteiger partial charge < -0.3 is 34.0 Å². The van der Waals surface area contributed by atoms with E-state index in [4.69, 9.17) is 18.9 Å². The topological polar surface area (TPSA) is 129 Å². The molecule has 43 heavy (non-hydrogen) atoms. The molecule has 0 aromatic heterocycles. The SMILES string of the molecule is C/C=C\C=C(/C)C(=O)O[C@H]1[C@H](O)[C@H](OCC23C[C@@H]4[C@H](C)CC[C@H]4C4(C=O)CC2C=C(C(C)C)C34C(=O)O)O[C@H](C)[C@H]1OC. The molecular weight excluding hydrogens is 552 g/mol. The van der Waals surface area contributed by atoms with E-state index in [1.54, 1.807) is 32.1 Å². The zero-order chi connectivity index (χ0) is 31.5. The molecule has 0 spiro atoms. The van der Waals surface area contributed by atoms with E-state index in [9.17, 15) is 24.6 Å². The van der Waals surface area contributed by atoms with Crippen LogP contribution in [0.5, 0.6) is 0 Å².